The third-order valence-electron chi connectivity index (χ3n) is 1.77. The molecule has 0 aromatic heterocycles. The van der Waals surface area contributed by atoms with Crippen molar-refractivity contribution in [3.05, 3.63) is 0 Å². The zero-order chi connectivity index (χ0) is 8.69. The first kappa shape index (κ1) is 11.4. The second kappa shape index (κ2) is 7.11. The lowest BCUT2D eigenvalue weighted by Gasteiger charge is -2.11. The Hall–Kier alpha value is 0.440. The molecule has 11 heavy (non-hydrogen) atoms. The van der Waals surface area contributed by atoms with Gasteiger partial charge in [0.1, 0.15) is 0 Å². The molecule has 2 unspecified atom stereocenters. The van der Waals surface area contributed by atoms with Crippen LogP contribution in [0.5, 0.6) is 0 Å². The summed E-state index contributed by atoms with van der Waals surface area (Å²) in [6.45, 7) is 5.40. The Morgan fingerprint density at radius 3 is 2.45 bits per heavy atom. The first-order valence-electron chi connectivity index (χ1n) is 4.29. The summed E-state index contributed by atoms with van der Waals surface area (Å²) in [6.07, 6.45) is 3.74. The summed E-state index contributed by atoms with van der Waals surface area (Å²) in [6, 6.07) is 0. The minimum atomic E-state index is 0.653. The molecular weight excluding hydrogens is 204 g/mol. The highest BCUT2D eigenvalue weighted by Crippen LogP contribution is 2.16. The molecule has 0 aliphatic carbocycles. The number of rotatable bonds is 6. The van der Waals surface area contributed by atoms with Crippen LogP contribution in [0.15, 0.2) is 0 Å². The molecule has 2 atom stereocenters. The van der Waals surface area contributed by atoms with Crippen LogP contribution in [0, 0.1) is 5.92 Å². The first-order chi connectivity index (χ1) is 5.16. The highest BCUT2D eigenvalue weighted by Gasteiger charge is 2.04. The lowest BCUT2D eigenvalue weighted by atomic mass is 10.0. The minimum absolute atomic E-state index is 0.653. The van der Waals surface area contributed by atoms with Gasteiger partial charge in [-0.2, -0.15) is 0 Å². The van der Waals surface area contributed by atoms with Gasteiger partial charge in [-0.25, -0.2) is 0 Å². The molecule has 0 rings (SSSR count). The summed E-state index contributed by atoms with van der Waals surface area (Å²) in [7, 11) is 1.76. The van der Waals surface area contributed by atoms with Crippen LogP contribution >= 0.6 is 15.9 Å². The van der Waals surface area contributed by atoms with Crippen LogP contribution in [0.1, 0.15) is 33.1 Å². The minimum Gasteiger partial charge on any atom is -0.385 e. The maximum absolute atomic E-state index is 4.99. The molecule has 1 nitrogen and oxygen atoms in total. The van der Waals surface area contributed by atoms with Gasteiger partial charge in [0.15, 0.2) is 0 Å². The van der Waals surface area contributed by atoms with E-state index in [9.17, 15) is 0 Å². The maximum Gasteiger partial charge on any atom is 0.0462 e. The van der Waals surface area contributed by atoms with E-state index in [1.807, 2.05) is 0 Å². The van der Waals surface area contributed by atoms with Crippen molar-refractivity contribution in [2.75, 3.05) is 13.7 Å². The van der Waals surface area contributed by atoms with E-state index >= 15 is 0 Å². The van der Waals surface area contributed by atoms with Gasteiger partial charge in [-0.05, 0) is 25.2 Å². The third kappa shape index (κ3) is 8.35. The lowest BCUT2D eigenvalue weighted by Crippen LogP contribution is -2.03. The fourth-order valence-electron chi connectivity index (χ4n) is 1.25. The highest BCUT2D eigenvalue weighted by atomic mass is 79.9. The number of methoxy groups -OCH3 is 1. The van der Waals surface area contributed by atoms with Crippen LogP contribution in [0.2, 0.25) is 0 Å². The number of hydrogen-bond donors (Lipinski definition) is 0. The number of halogens is 1. The van der Waals surface area contributed by atoms with Crippen molar-refractivity contribution in [2.24, 2.45) is 5.92 Å². The normalized spacial score (nSPS) is 16.4. The second-order valence-corrected chi connectivity index (χ2v) is 4.82. The smallest absolute Gasteiger partial charge is 0.0462 e. The van der Waals surface area contributed by atoms with Gasteiger partial charge in [-0.15, -0.1) is 0 Å². The Morgan fingerprint density at radius 2 is 2.00 bits per heavy atom. The molecule has 0 bridgehead atoms. The van der Waals surface area contributed by atoms with Crippen molar-refractivity contribution in [1.29, 1.82) is 0 Å². The average Bonchev–Trinajstić information content (AvgIpc) is 1.86. The average molecular weight is 223 g/mol. The summed E-state index contributed by atoms with van der Waals surface area (Å²) in [5, 5.41) is 0. The highest BCUT2D eigenvalue weighted by molar-refractivity contribution is 9.09. The van der Waals surface area contributed by atoms with Crippen molar-refractivity contribution in [2.45, 2.75) is 37.9 Å². The van der Waals surface area contributed by atoms with E-state index in [1.54, 1.807) is 7.11 Å². The summed E-state index contributed by atoms with van der Waals surface area (Å²) in [4.78, 5) is 0.653. The van der Waals surface area contributed by atoms with E-state index in [0.29, 0.717) is 4.83 Å². The first-order valence-corrected chi connectivity index (χ1v) is 5.21. The Balaban J connectivity index is 3.15. The van der Waals surface area contributed by atoms with E-state index < -0.39 is 0 Å². The van der Waals surface area contributed by atoms with Gasteiger partial charge in [0, 0.05) is 18.5 Å². The molecule has 0 heterocycles. The zero-order valence-electron chi connectivity index (χ0n) is 7.77. The van der Waals surface area contributed by atoms with Crippen molar-refractivity contribution in [3.8, 4) is 0 Å². The topological polar surface area (TPSA) is 9.23 Å². The van der Waals surface area contributed by atoms with Crippen LogP contribution in [0.3, 0.4) is 0 Å². The molecule has 0 aliphatic rings. The van der Waals surface area contributed by atoms with Gasteiger partial charge >= 0.3 is 0 Å². The molecule has 0 radical (unpaired) electrons. The maximum atomic E-state index is 4.99. The van der Waals surface area contributed by atoms with Crippen LogP contribution in [-0.4, -0.2) is 18.5 Å². The lowest BCUT2D eigenvalue weighted by molar-refractivity contribution is 0.187. The van der Waals surface area contributed by atoms with Crippen molar-refractivity contribution >= 4 is 15.9 Å². The van der Waals surface area contributed by atoms with Crippen molar-refractivity contribution in [3.63, 3.8) is 0 Å². The molecule has 0 fully saturated rings. The summed E-state index contributed by atoms with van der Waals surface area (Å²) in [5.41, 5.74) is 0. The summed E-state index contributed by atoms with van der Waals surface area (Å²) in [5.74, 6) is 0.819. The molecule has 0 saturated heterocycles. The van der Waals surface area contributed by atoms with E-state index in [0.717, 1.165) is 12.5 Å². The van der Waals surface area contributed by atoms with Gasteiger partial charge in [-0.1, -0.05) is 29.8 Å². The van der Waals surface area contributed by atoms with Gasteiger partial charge < -0.3 is 4.74 Å². The second-order valence-electron chi connectivity index (χ2n) is 3.26. The fraction of sp³-hybridized carbons (Fsp3) is 1.00. The summed E-state index contributed by atoms with van der Waals surface area (Å²) >= 11 is 3.55. The van der Waals surface area contributed by atoms with Gasteiger partial charge in [0.25, 0.3) is 0 Å². The summed E-state index contributed by atoms with van der Waals surface area (Å²) < 4.78 is 4.99. The SMILES string of the molecule is COCCCC(C)CC(C)Br. The van der Waals surface area contributed by atoms with E-state index in [-0.39, 0.29) is 0 Å². The predicted molar refractivity (Wildman–Crippen MR) is 53.3 cm³/mol. The number of hydrogen-bond acceptors (Lipinski definition) is 1. The number of ether oxygens (including phenoxy) is 1. The molecule has 0 N–H and O–H groups in total. The molecule has 0 aromatic carbocycles. The van der Waals surface area contributed by atoms with E-state index in [2.05, 4.69) is 29.8 Å². The number of alkyl halides is 1. The third-order valence-corrected chi connectivity index (χ3v) is 2.15. The Morgan fingerprint density at radius 1 is 1.36 bits per heavy atom. The standard InChI is InChI=1S/C9H19BrO/c1-8(7-9(2)10)5-4-6-11-3/h8-9H,4-7H2,1-3H3. The molecule has 68 valence electrons. The quantitative estimate of drug-likeness (QED) is 0.496. The molecule has 0 amide bonds. The van der Waals surface area contributed by atoms with Gasteiger partial charge in [0.05, 0.1) is 0 Å². The Bertz CT molecular complexity index is 83.6. The zero-order valence-corrected chi connectivity index (χ0v) is 9.36. The molecule has 0 aromatic rings. The molecule has 0 spiro atoms. The Labute approximate surface area is 78.6 Å². The van der Waals surface area contributed by atoms with Crippen molar-refractivity contribution < 1.29 is 4.74 Å². The van der Waals surface area contributed by atoms with Crippen LogP contribution in [-0.2, 0) is 4.74 Å². The molecule has 2 heteroatoms. The predicted octanol–water partition coefficient (Wildman–Crippen LogP) is 3.22. The fourth-order valence-corrected chi connectivity index (χ4v) is 1.89. The monoisotopic (exact) mass is 222 g/mol. The molecule has 0 saturated carbocycles. The molecular formula is C9H19BrO. The van der Waals surface area contributed by atoms with Crippen LogP contribution in [0.25, 0.3) is 0 Å². The Kier molecular flexibility index (Phi) is 7.39. The van der Waals surface area contributed by atoms with Gasteiger partial charge in [-0.3, -0.25) is 0 Å². The van der Waals surface area contributed by atoms with Crippen LogP contribution < -0.4 is 0 Å². The largest absolute Gasteiger partial charge is 0.385 e. The van der Waals surface area contributed by atoms with Crippen molar-refractivity contribution in [1.82, 2.24) is 0 Å². The van der Waals surface area contributed by atoms with E-state index in [4.69, 9.17) is 4.74 Å². The van der Waals surface area contributed by atoms with Crippen LogP contribution in [0.4, 0.5) is 0 Å². The van der Waals surface area contributed by atoms with Gasteiger partial charge in [0.2, 0.25) is 0 Å². The van der Waals surface area contributed by atoms with E-state index in [1.165, 1.54) is 19.3 Å². The molecule has 0 aliphatic heterocycles.